The molecule has 0 saturated heterocycles. The number of hydrogen-bond acceptors (Lipinski definition) is 6. The number of ether oxygens (including phenoxy) is 3. The van der Waals surface area contributed by atoms with Crippen LogP contribution in [0.15, 0.2) is 42.5 Å². The van der Waals surface area contributed by atoms with Crippen molar-refractivity contribution in [2.75, 3.05) is 26.1 Å². The lowest BCUT2D eigenvalue weighted by molar-refractivity contribution is -0.152. The lowest BCUT2D eigenvalue weighted by atomic mass is 10.2. The van der Waals surface area contributed by atoms with Crippen LogP contribution < -0.4 is 20.1 Å². The second kappa shape index (κ2) is 10.1. The smallest absolute Gasteiger partial charge is 0.326 e. The Morgan fingerprint density at radius 3 is 2.14 bits per heavy atom. The Morgan fingerprint density at radius 2 is 1.59 bits per heavy atom. The molecule has 154 valence electrons. The van der Waals surface area contributed by atoms with Crippen molar-refractivity contribution in [3.05, 3.63) is 53.8 Å². The summed E-state index contributed by atoms with van der Waals surface area (Å²) in [6.07, 6.45) is -1.11. The topological polar surface area (TPSA) is 103 Å². The highest BCUT2D eigenvalue weighted by molar-refractivity contribution is 5.97. The fraction of sp³-hybridized carbons (Fsp3) is 0.250. The second-order valence-electron chi connectivity index (χ2n) is 5.91. The van der Waals surface area contributed by atoms with Crippen LogP contribution in [0, 0.1) is 5.82 Å². The Kier molecular flexibility index (Phi) is 7.53. The third kappa shape index (κ3) is 6.49. The van der Waals surface area contributed by atoms with Crippen molar-refractivity contribution in [2.45, 2.75) is 13.0 Å². The van der Waals surface area contributed by atoms with E-state index in [-0.39, 0.29) is 5.56 Å². The highest BCUT2D eigenvalue weighted by Crippen LogP contribution is 2.22. The van der Waals surface area contributed by atoms with Gasteiger partial charge in [0.2, 0.25) is 0 Å². The summed E-state index contributed by atoms with van der Waals surface area (Å²) in [5.74, 6) is -1.52. The maximum absolute atomic E-state index is 12.9. The molecular formula is C20H21FN2O6. The van der Waals surface area contributed by atoms with Crippen LogP contribution in [0.1, 0.15) is 17.3 Å². The minimum atomic E-state index is -1.11. The van der Waals surface area contributed by atoms with E-state index in [9.17, 15) is 18.8 Å². The second-order valence-corrected chi connectivity index (χ2v) is 5.91. The third-order valence-corrected chi connectivity index (χ3v) is 3.80. The average Bonchev–Trinajstić information content (AvgIpc) is 2.72. The van der Waals surface area contributed by atoms with Gasteiger partial charge < -0.3 is 24.8 Å². The molecular weight excluding hydrogens is 383 g/mol. The first kappa shape index (κ1) is 21.7. The van der Waals surface area contributed by atoms with Crippen molar-refractivity contribution < 1.29 is 33.0 Å². The molecule has 29 heavy (non-hydrogen) atoms. The van der Waals surface area contributed by atoms with Gasteiger partial charge in [-0.1, -0.05) is 0 Å². The summed E-state index contributed by atoms with van der Waals surface area (Å²) in [5, 5.41) is 4.90. The average molecular weight is 404 g/mol. The predicted molar refractivity (Wildman–Crippen MR) is 102 cm³/mol. The van der Waals surface area contributed by atoms with E-state index < -0.39 is 36.2 Å². The molecule has 2 rings (SSSR count). The van der Waals surface area contributed by atoms with Gasteiger partial charge in [-0.15, -0.1) is 0 Å². The monoisotopic (exact) mass is 404 g/mol. The molecule has 9 heteroatoms. The Morgan fingerprint density at radius 1 is 1.00 bits per heavy atom. The normalized spacial score (nSPS) is 11.2. The summed E-state index contributed by atoms with van der Waals surface area (Å²) in [7, 11) is 2.90. The van der Waals surface area contributed by atoms with E-state index in [0.29, 0.717) is 17.2 Å². The summed E-state index contributed by atoms with van der Waals surface area (Å²) < 4.78 is 28.1. The Labute approximate surface area is 166 Å². The maximum Gasteiger partial charge on any atom is 0.326 e. The minimum Gasteiger partial charge on any atom is -0.497 e. The van der Waals surface area contributed by atoms with E-state index >= 15 is 0 Å². The lowest BCUT2D eigenvalue weighted by Gasteiger charge is -2.14. The van der Waals surface area contributed by atoms with Gasteiger partial charge in [-0.2, -0.15) is 0 Å². The van der Waals surface area contributed by atoms with Crippen molar-refractivity contribution in [2.24, 2.45) is 0 Å². The molecule has 2 aromatic rings. The van der Waals surface area contributed by atoms with Crippen LogP contribution in [0.25, 0.3) is 0 Å². The first-order valence-electron chi connectivity index (χ1n) is 8.59. The van der Waals surface area contributed by atoms with E-state index in [2.05, 4.69) is 10.6 Å². The number of carbonyl (C=O) groups is 3. The number of anilines is 1. The Balaban J connectivity index is 1.86. The number of amides is 2. The van der Waals surface area contributed by atoms with E-state index in [1.807, 2.05) is 0 Å². The quantitative estimate of drug-likeness (QED) is 0.654. The summed E-state index contributed by atoms with van der Waals surface area (Å²) in [5.41, 5.74) is 0.593. The van der Waals surface area contributed by atoms with Gasteiger partial charge in [0, 0.05) is 17.3 Å². The molecule has 0 aromatic heterocycles. The Bertz CT molecular complexity index is 863. The van der Waals surface area contributed by atoms with Crippen LogP contribution in [0.5, 0.6) is 11.5 Å². The van der Waals surface area contributed by atoms with Gasteiger partial charge in [0.05, 0.1) is 14.2 Å². The number of rotatable bonds is 8. The number of benzene rings is 2. The number of esters is 1. The van der Waals surface area contributed by atoms with Crippen molar-refractivity contribution in [1.29, 1.82) is 0 Å². The molecule has 0 saturated carbocycles. The van der Waals surface area contributed by atoms with Crippen molar-refractivity contribution in [1.82, 2.24) is 5.32 Å². The van der Waals surface area contributed by atoms with Crippen LogP contribution in [-0.4, -0.2) is 44.7 Å². The van der Waals surface area contributed by atoms with Crippen LogP contribution in [0.3, 0.4) is 0 Å². The van der Waals surface area contributed by atoms with E-state index in [1.165, 1.54) is 57.5 Å². The molecule has 0 radical (unpaired) electrons. The van der Waals surface area contributed by atoms with Gasteiger partial charge in [0.25, 0.3) is 11.8 Å². The number of hydrogen-bond donors (Lipinski definition) is 2. The standard InChI is InChI=1S/C20H21FN2O6/c1-12(19(25)23-15-6-4-14(21)5-7-15)29-18(24)11-22-20(26)13-8-16(27-2)10-17(9-13)28-3/h4-10,12H,11H2,1-3H3,(H,22,26)(H,23,25)/t12-/m1/s1. The molecule has 0 unspecified atom stereocenters. The molecule has 0 aliphatic rings. The molecule has 0 heterocycles. The first-order chi connectivity index (χ1) is 13.8. The fourth-order valence-corrected chi connectivity index (χ4v) is 2.26. The zero-order valence-corrected chi connectivity index (χ0v) is 16.2. The molecule has 1 atom stereocenters. The summed E-state index contributed by atoms with van der Waals surface area (Å²) in [6, 6.07) is 9.72. The molecule has 2 aromatic carbocycles. The number of methoxy groups -OCH3 is 2. The van der Waals surface area contributed by atoms with Crippen LogP contribution >= 0.6 is 0 Å². The fourth-order valence-electron chi connectivity index (χ4n) is 2.26. The van der Waals surface area contributed by atoms with Gasteiger partial charge in [-0.25, -0.2) is 4.39 Å². The highest BCUT2D eigenvalue weighted by atomic mass is 19.1. The van der Waals surface area contributed by atoms with Crippen LogP contribution in [0.2, 0.25) is 0 Å². The molecule has 0 bridgehead atoms. The largest absolute Gasteiger partial charge is 0.497 e. The molecule has 0 fully saturated rings. The molecule has 0 spiro atoms. The highest BCUT2D eigenvalue weighted by Gasteiger charge is 2.19. The molecule has 8 nitrogen and oxygen atoms in total. The van der Waals surface area contributed by atoms with Crippen LogP contribution in [0.4, 0.5) is 10.1 Å². The number of halogens is 1. The van der Waals surface area contributed by atoms with E-state index in [4.69, 9.17) is 14.2 Å². The van der Waals surface area contributed by atoms with Crippen molar-refractivity contribution >= 4 is 23.5 Å². The van der Waals surface area contributed by atoms with Gasteiger partial charge in [-0.3, -0.25) is 14.4 Å². The van der Waals surface area contributed by atoms with Gasteiger partial charge >= 0.3 is 5.97 Å². The van der Waals surface area contributed by atoms with E-state index in [1.54, 1.807) is 6.07 Å². The molecule has 2 N–H and O–H groups in total. The van der Waals surface area contributed by atoms with Gasteiger partial charge in [0.15, 0.2) is 6.10 Å². The summed E-state index contributed by atoms with van der Waals surface area (Å²) in [4.78, 5) is 36.2. The SMILES string of the molecule is COc1cc(OC)cc(C(=O)NCC(=O)O[C@H](C)C(=O)Nc2ccc(F)cc2)c1. The van der Waals surface area contributed by atoms with Crippen LogP contribution in [-0.2, 0) is 14.3 Å². The lowest BCUT2D eigenvalue weighted by Crippen LogP contribution is -2.35. The minimum absolute atomic E-state index is 0.233. The summed E-state index contributed by atoms with van der Waals surface area (Å²) >= 11 is 0. The summed E-state index contributed by atoms with van der Waals surface area (Å²) in [6.45, 7) is 0.942. The third-order valence-electron chi connectivity index (χ3n) is 3.80. The van der Waals surface area contributed by atoms with Gasteiger partial charge in [0.1, 0.15) is 23.9 Å². The zero-order valence-electron chi connectivity index (χ0n) is 16.2. The van der Waals surface area contributed by atoms with Gasteiger partial charge in [-0.05, 0) is 43.3 Å². The molecule has 0 aliphatic heterocycles. The predicted octanol–water partition coefficient (Wildman–Crippen LogP) is 2.14. The number of carbonyl (C=O) groups excluding carboxylic acids is 3. The molecule has 0 aliphatic carbocycles. The first-order valence-corrected chi connectivity index (χ1v) is 8.59. The zero-order chi connectivity index (χ0) is 21.4. The van der Waals surface area contributed by atoms with Crippen molar-refractivity contribution in [3.63, 3.8) is 0 Å². The Hall–Kier alpha value is -3.62. The van der Waals surface area contributed by atoms with E-state index in [0.717, 1.165) is 0 Å². The number of nitrogens with one attached hydrogen (secondary N) is 2. The molecule has 2 amide bonds. The van der Waals surface area contributed by atoms with Crippen molar-refractivity contribution in [3.8, 4) is 11.5 Å². The maximum atomic E-state index is 12.9.